The zero-order chi connectivity index (χ0) is 9.56. The highest BCUT2D eigenvalue weighted by molar-refractivity contribution is 7.14. The van der Waals surface area contributed by atoms with Crippen molar-refractivity contribution < 1.29 is 4.79 Å². The molecule has 0 radical (unpaired) electrons. The molecule has 0 aliphatic carbocycles. The Morgan fingerprint density at radius 1 is 1.50 bits per heavy atom. The highest BCUT2D eigenvalue weighted by atomic mass is 32.1. The van der Waals surface area contributed by atoms with Gasteiger partial charge in [0, 0.05) is 4.88 Å². The van der Waals surface area contributed by atoms with E-state index in [1.54, 1.807) is 6.07 Å². The molecule has 1 aromatic rings. The van der Waals surface area contributed by atoms with Crippen molar-refractivity contribution in [2.45, 2.75) is 27.2 Å². The zero-order valence-electron chi connectivity index (χ0n) is 7.76. The second-order valence-corrected chi connectivity index (χ2v) is 3.15. The maximum Gasteiger partial charge on any atom is 0.258 e. The predicted molar refractivity (Wildman–Crippen MR) is 53.6 cm³/mol. The summed E-state index contributed by atoms with van der Waals surface area (Å²) >= 11 is 1.47. The molecule has 2 N–H and O–H groups in total. The summed E-state index contributed by atoms with van der Waals surface area (Å²) in [5, 5.41) is 0. The van der Waals surface area contributed by atoms with E-state index in [1.807, 2.05) is 19.9 Å². The summed E-state index contributed by atoms with van der Waals surface area (Å²) < 4.78 is 0. The third-order valence-electron chi connectivity index (χ3n) is 1.25. The molecule has 1 amide bonds. The molecule has 0 aliphatic heterocycles. The number of hydrogen-bond acceptors (Lipinski definition) is 2. The number of carbonyl (C=O) groups is 1. The molecule has 0 atom stereocenters. The lowest BCUT2D eigenvalue weighted by atomic mass is 10.4. The topological polar surface area (TPSA) is 43.1 Å². The van der Waals surface area contributed by atoms with E-state index >= 15 is 0 Å². The summed E-state index contributed by atoms with van der Waals surface area (Å²) in [4.78, 5) is 12.4. The van der Waals surface area contributed by atoms with Crippen molar-refractivity contribution in [1.29, 1.82) is 0 Å². The van der Waals surface area contributed by atoms with Crippen LogP contribution in [0.25, 0.3) is 0 Å². The Morgan fingerprint density at radius 2 is 2.08 bits per heavy atom. The first-order chi connectivity index (χ1) is 5.74. The Bertz CT molecular complexity index is 242. The molecule has 2 nitrogen and oxygen atoms in total. The molecule has 0 spiro atoms. The molecule has 1 aromatic heterocycles. The molecule has 0 aliphatic rings. The third-order valence-corrected chi connectivity index (χ3v) is 2.50. The fourth-order valence-electron chi connectivity index (χ4n) is 0.700. The lowest BCUT2D eigenvalue weighted by molar-refractivity contribution is 0.100. The number of thiophene rings is 1. The van der Waals surface area contributed by atoms with E-state index in [-0.39, 0.29) is 5.91 Å². The van der Waals surface area contributed by atoms with Crippen molar-refractivity contribution in [3.05, 3.63) is 21.9 Å². The summed E-state index contributed by atoms with van der Waals surface area (Å²) in [6.45, 7) is 6.05. The number of primary amides is 1. The molecule has 3 heteroatoms. The molecule has 0 unspecified atom stereocenters. The van der Waals surface area contributed by atoms with Crippen LogP contribution in [0.1, 0.15) is 35.3 Å². The van der Waals surface area contributed by atoms with E-state index in [0.717, 1.165) is 6.42 Å². The second kappa shape index (κ2) is 5.77. The molecule has 1 heterocycles. The Morgan fingerprint density at radius 3 is 2.33 bits per heavy atom. The summed E-state index contributed by atoms with van der Waals surface area (Å²) in [6.07, 6.45) is 0.970. The van der Waals surface area contributed by atoms with Crippen molar-refractivity contribution in [1.82, 2.24) is 0 Å². The monoisotopic (exact) mass is 185 g/mol. The fraction of sp³-hybridized carbons (Fsp3) is 0.444. The van der Waals surface area contributed by atoms with Crippen LogP contribution >= 0.6 is 11.3 Å². The Balaban J connectivity index is 0.000000561. The van der Waals surface area contributed by atoms with Gasteiger partial charge in [0.05, 0.1) is 4.88 Å². The van der Waals surface area contributed by atoms with Gasteiger partial charge in [-0.05, 0) is 18.6 Å². The van der Waals surface area contributed by atoms with E-state index in [4.69, 9.17) is 5.73 Å². The van der Waals surface area contributed by atoms with Crippen molar-refractivity contribution >= 4 is 17.2 Å². The standard InChI is InChI=1S/C7H9NOS.C2H6/c1-2-5-3-4-6(10-5)7(8)9;1-2/h3-4H,2H2,1H3,(H2,8,9);1-2H3. The van der Waals surface area contributed by atoms with Gasteiger partial charge in [-0.3, -0.25) is 4.79 Å². The number of aryl methyl sites for hydroxylation is 1. The number of hydrogen-bond donors (Lipinski definition) is 1. The third kappa shape index (κ3) is 3.05. The van der Waals surface area contributed by atoms with Gasteiger partial charge in [-0.15, -0.1) is 11.3 Å². The first kappa shape index (κ1) is 11.2. The van der Waals surface area contributed by atoms with Crippen LogP contribution in [0.5, 0.6) is 0 Å². The maximum absolute atomic E-state index is 10.6. The Hall–Kier alpha value is -0.830. The van der Waals surface area contributed by atoms with Gasteiger partial charge >= 0.3 is 0 Å². The largest absolute Gasteiger partial charge is 0.365 e. The normalized spacial score (nSPS) is 8.58. The first-order valence-corrected chi connectivity index (χ1v) is 4.94. The molecule has 0 saturated carbocycles. The van der Waals surface area contributed by atoms with E-state index in [9.17, 15) is 4.79 Å². The summed E-state index contributed by atoms with van der Waals surface area (Å²) in [5.74, 6) is -0.329. The Kier molecular flexibility index (Phi) is 5.37. The minimum atomic E-state index is -0.329. The van der Waals surface area contributed by atoms with E-state index < -0.39 is 0 Å². The molecule has 12 heavy (non-hydrogen) atoms. The molecular weight excluding hydrogens is 170 g/mol. The molecule has 0 bridgehead atoms. The van der Waals surface area contributed by atoms with Crippen LogP contribution in [-0.4, -0.2) is 5.91 Å². The van der Waals surface area contributed by atoms with Gasteiger partial charge in [0.2, 0.25) is 0 Å². The average molecular weight is 185 g/mol. The smallest absolute Gasteiger partial charge is 0.258 e. The van der Waals surface area contributed by atoms with Crippen molar-refractivity contribution in [2.75, 3.05) is 0 Å². The highest BCUT2D eigenvalue weighted by Gasteiger charge is 2.02. The van der Waals surface area contributed by atoms with Gasteiger partial charge in [-0.2, -0.15) is 0 Å². The van der Waals surface area contributed by atoms with Crippen molar-refractivity contribution in [3.8, 4) is 0 Å². The quantitative estimate of drug-likeness (QED) is 0.755. The average Bonchev–Trinajstić information content (AvgIpc) is 2.55. The second-order valence-electron chi connectivity index (χ2n) is 1.98. The highest BCUT2D eigenvalue weighted by Crippen LogP contribution is 2.15. The first-order valence-electron chi connectivity index (χ1n) is 4.12. The van der Waals surface area contributed by atoms with Crippen LogP contribution in [-0.2, 0) is 6.42 Å². The van der Waals surface area contributed by atoms with Gasteiger partial charge < -0.3 is 5.73 Å². The summed E-state index contributed by atoms with van der Waals surface area (Å²) in [5.41, 5.74) is 5.05. The summed E-state index contributed by atoms with van der Waals surface area (Å²) in [7, 11) is 0. The van der Waals surface area contributed by atoms with E-state index in [2.05, 4.69) is 6.92 Å². The van der Waals surface area contributed by atoms with Gasteiger partial charge in [0.15, 0.2) is 0 Å². The van der Waals surface area contributed by atoms with Crippen LogP contribution in [0.3, 0.4) is 0 Å². The minimum absolute atomic E-state index is 0.329. The van der Waals surface area contributed by atoms with Gasteiger partial charge in [0.25, 0.3) is 5.91 Å². The van der Waals surface area contributed by atoms with Gasteiger partial charge in [0.1, 0.15) is 0 Å². The molecule has 68 valence electrons. The van der Waals surface area contributed by atoms with Crippen LogP contribution in [0.4, 0.5) is 0 Å². The zero-order valence-corrected chi connectivity index (χ0v) is 8.57. The fourth-order valence-corrected chi connectivity index (χ4v) is 1.50. The molecule has 1 rings (SSSR count). The lowest BCUT2D eigenvalue weighted by Crippen LogP contribution is -2.07. The maximum atomic E-state index is 10.6. The number of rotatable bonds is 2. The van der Waals surface area contributed by atoms with Crippen LogP contribution in [0.15, 0.2) is 12.1 Å². The SMILES string of the molecule is CC.CCc1ccc(C(N)=O)s1. The lowest BCUT2D eigenvalue weighted by Gasteiger charge is -1.84. The van der Waals surface area contributed by atoms with E-state index in [0.29, 0.717) is 4.88 Å². The number of carbonyl (C=O) groups excluding carboxylic acids is 1. The van der Waals surface area contributed by atoms with E-state index in [1.165, 1.54) is 16.2 Å². The minimum Gasteiger partial charge on any atom is -0.365 e. The van der Waals surface area contributed by atoms with Crippen LogP contribution in [0.2, 0.25) is 0 Å². The summed E-state index contributed by atoms with van der Waals surface area (Å²) in [6, 6.07) is 3.70. The van der Waals surface area contributed by atoms with Gasteiger partial charge in [-0.25, -0.2) is 0 Å². The van der Waals surface area contributed by atoms with Crippen molar-refractivity contribution in [3.63, 3.8) is 0 Å². The van der Waals surface area contributed by atoms with Crippen LogP contribution in [0, 0.1) is 0 Å². The molecule has 0 aromatic carbocycles. The van der Waals surface area contributed by atoms with Gasteiger partial charge in [-0.1, -0.05) is 20.8 Å². The molecule has 0 saturated heterocycles. The molecular formula is C9H15NOS. The Labute approximate surface area is 77.4 Å². The predicted octanol–water partition coefficient (Wildman–Crippen LogP) is 2.44. The van der Waals surface area contributed by atoms with Crippen molar-refractivity contribution in [2.24, 2.45) is 5.73 Å². The molecule has 0 fully saturated rings. The number of amides is 1. The number of nitrogens with two attached hydrogens (primary N) is 1. The van der Waals surface area contributed by atoms with Crippen LogP contribution < -0.4 is 5.73 Å².